The van der Waals surface area contributed by atoms with Crippen molar-refractivity contribution in [3.05, 3.63) is 11.6 Å². The first-order valence-corrected chi connectivity index (χ1v) is 8.30. The van der Waals surface area contributed by atoms with Crippen LogP contribution in [0.4, 0.5) is 0 Å². The van der Waals surface area contributed by atoms with Crippen LogP contribution in [0.1, 0.15) is 44.3 Å². The van der Waals surface area contributed by atoms with E-state index in [1.165, 1.54) is 0 Å². The Hall–Kier alpha value is -1.43. The van der Waals surface area contributed by atoms with Crippen LogP contribution in [0.15, 0.2) is 0 Å². The number of hydrogen-bond donors (Lipinski definition) is 0. The second-order valence-corrected chi connectivity index (χ2v) is 6.75. The molecule has 3 heterocycles. The van der Waals surface area contributed by atoms with Gasteiger partial charge in [-0.3, -0.25) is 4.79 Å². The number of hydrogen-bond acceptors (Lipinski definition) is 4. The van der Waals surface area contributed by atoms with E-state index in [1.54, 1.807) is 0 Å². The minimum absolute atomic E-state index is 0.0691. The summed E-state index contributed by atoms with van der Waals surface area (Å²) in [6, 6.07) is 0. The monoisotopic (exact) mass is 306 g/mol. The molecule has 0 radical (unpaired) electrons. The maximum Gasteiger partial charge on any atom is 0.227 e. The predicted octanol–water partition coefficient (Wildman–Crippen LogP) is 1.70. The van der Waals surface area contributed by atoms with E-state index >= 15 is 0 Å². The zero-order valence-electron chi connectivity index (χ0n) is 13.8. The first-order chi connectivity index (χ1) is 10.5. The molecule has 2 fully saturated rings. The molecule has 0 saturated carbocycles. The smallest absolute Gasteiger partial charge is 0.227 e. The molecule has 2 aliphatic heterocycles. The Morgan fingerprint density at radius 2 is 2.05 bits per heavy atom. The van der Waals surface area contributed by atoms with Crippen molar-refractivity contribution in [1.82, 2.24) is 19.7 Å². The molecule has 6 heteroatoms. The third-order valence-corrected chi connectivity index (χ3v) is 5.00. The first kappa shape index (κ1) is 15.5. The molecule has 6 nitrogen and oxygen atoms in total. The van der Waals surface area contributed by atoms with Crippen molar-refractivity contribution in [2.75, 3.05) is 19.7 Å². The van der Waals surface area contributed by atoms with Crippen molar-refractivity contribution < 1.29 is 9.53 Å². The molecule has 0 aliphatic carbocycles. The molecular weight excluding hydrogens is 280 g/mol. The van der Waals surface area contributed by atoms with Gasteiger partial charge in [-0.25, -0.2) is 9.67 Å². The largest absolute Gasteiger partial charge is 0.375 e. The fraction of sp³-hybridized carbons (Fsp3) is 0.812. The van der Waals surface area contributed by atoms with Gasteiger partial charge in [0.05, 0.1) is 18.1 Å². The van der Waals surface area contributed by atoms with Crippen molar-refractivity contribution in [2.24, 2.45) is 5.92 Å². The van der Waals surface area contributed by atoms with Crippen LogP contribution in [-0.2, 0) is 16.1 Å². The van der Waals surface area contributed by atoms with E-state index in [1.807, 2.05) is 30.4 Å². The normalized spacial score (nSPS) is 22.2. The minimum atomic E-state index is -0.0710. The third-order valence-electron chi connectivity index (χ3n) is 5.00. The van der Waals surface area contributed by atoms with Gasteiger partial charge in [0.1, 0.15) is 11.6 Å². The molecule has 0 bridgehead atoms. The number of carbonyl (C=O) groups excluding carboxylic acids is 1. The molecule has 0 N–H and O–H groups in total. The van der Waals surface area contributed by atoms with E-state index in [0.717, 1.165) is 57.0 Å². The van der Waals surface area contributed by atoms with Gasteiger partial charge in [0.25, 0.3) is 0 Å². The lowest BCUT2D eigenvalue weighted by Gasteiger charge is -2.39. The highest BCUT2D eigenvalue weighted by atomic mass is 16.5. The van der Waals surface area contributed by atoms with Crippen molar-refractivity contribution in [2.45, 2.75) is 58.6 Å². The molecule has 2 saturated heterocycles. The van der Waals surface area contributed by atoms with E-state index in [9.17, 15) is 4.79 Å². The molecule has 1 spiro atoms. The number of amides is 1. The quantitative estimate of drug-likeness (QED) is 0.853. The Balaban J connectivity index is 1.56. The van der Waals surface area contributed by atoms with Gasteiger partial charge >= 0.3 is 0 Å². The van der Waals surface area contributed by atoms with Gasteiger partial charge in [-0.05, 0) is 39.5 Å². The molecule has 122 valence electrons. The van der Waals surface area contributed by atoms with Crippen molar-refractivity contribution in [3.63, 3.8) is 0 Å². The second-order valence-electron chi connectivity index (χ2n) is 6.75. The Kier molecular flexibility index (Phi) is 4.21. The lowest BCUT2D eigenvalue weighted by Crippen LogP contribution is -2.48. The van der Waals surface area contributed by atoms with Crippen molar-refractivity contribution >= 4 is 5.91 Å². The summed E-state index contributed by atoms with van der Waals surface area (Å²) in [4.78, 5) is 18.9. The Bertz CT molecular complexity index is 538. The summed E-state index contributed by atoms with van der Waals surface area (Å²) in [5.74, 6) is 1.78. The van der Waals surface area contributed by atoms with Gasteiger partial charge in [-0.15, -0.1) is 0 Å². The number of carbonyl (C=O) groups is 1. The van der Waals surface area contributed by atoms with Gasteiger partial charge in [0, 0.05) is 19.7 Å². The summed E-state index contributed by atoms with van der Waals surface area (Å²) >= 11 is 0. The number of ether oxygens (including phenoxy) is 1. The van der Waals surface area contributed by atoms with E-state index in [0.29, 0.717) is 6.54 Å². The minimum Gasteiger partial charge on any atom is -0.375 e. The van der Waals surface area contributed by atoms with E-state index in [-0.39, 0.29) is 17.4 Å². The Labute approximate surface area is 131 Å². The van der Waals surface area contributed by atoms with Crippen molar-refractivity contribution in [1.29, 1.82) is 0 Å². The van der Waals surface area contributed by atoms with Crippen molar-refractivity contribution in [3.8, 4) is 0 Å². The summed E-state index contributed by atoms with van der Waals surface area (Å²) in [7, 11) is 0. The molecule has 1 aromatic heterocycles. The van der Waals surface area contributed by atoms with Crippen LogP contribution in [0.25, 0.3) is 0 Å². The SMILES string of the molecule is Cc1nc(C)n(C[C@H](C)C(=O)N2CCC3(CCCO3)CC2)n1. The van der Waals surface area contributed by atoms with E-state index in [4.69, 9.17) is 4.74 Å². The molecule has 2 aliphatic rings. The standard InChI is InChI=1S/C16H26N4O2/c1-12(11-20-14(3)17-13(2)18-20)15(21)19-8-6-16(7-9-19)5-4-10-22-16/h12H,4-11H2,1-3H3/t12-/m0/s1. The zero-order valence-corrected chi connectivity index (χ0v) is 13.8. The highest BCUT2D eigenvalue weighted by Crippen LogP contribution is 2.35. The fourth-order valence-electron chi connectivity index (χ4n) is 3.67. The lowest BCUT2D eigenvalue weighted by atomic mass is 9.88. The molecule has 0 unspecified atom stereocenters. The molecule has 0 aromatic carbocycles. The highest BCUT2D eigenvalue weighted by molar-refractivity contribution is 5.78. The molecule has 1 atom stereocenters. The summed E-state index contributed by atoms with van der Waals surface area (Å²) in [6.45, 7) is 8.91. The first-order valence-electron chi connectivity index (χ1n) is 8.30. The number of aromatic nitrogens is 3. The molecule has 1 aromatic rings. The van der Waals surface area contributed by atoms with Gasteiger partial charge in [-0.1, -0.05) is 6.92 Å². The second kappa shape index (κ2) is 5.99. The van der Waals surface area contributed by atoms with Crippen LogP contribution in [0, 0.1) is 19.8 Å². The number of aryl methyl sites for hydroxylation is 2. The molecule has 22 heavy (non-hydrogen) atoms. The van der Waals surface area contributed by atoms with Gasteiger partial charge in [-0.2, -0.15) is 5.10 Å². The summed E-state index contributed by atoms with van der Waals surface area (Å²) in [5, 5.41) is 4.35. The van der Waals surface area contributed by atoms with E-state index in [2.05, 4.69) is 10.1 Å². The molecule has 3 rings (SSSR count). The zero-order chi connectivity index (χ0) is 15.7. The van der Waals surface area contributed by atoms with Gasteiger partial charge in [0.2, 0.25) is 5.91 Å². The maximum absolute atomic E-state index is 12.6. The number of likely N-dealkylation sites (tertiary alicyclic amines) is 1. The van der Waals surface area contributed by atoms with Gasteiger partial charge < -0.3 is 9.64 Å². The number of rotatable bonds is 3. The van der Waals surface area contributed by atoms with Crippen LogP contribution in [0.2, 0.25) is 0 Å². The van der Waals surface area contributed by atoms with Crippen LogP contribution in [-0.4, -0.2) is 50.9 Å². The summed E-state index contributed by atoms with van der Waals surface area (Å²) in [6.07, 6.45) is 4.27. The molecule has 1 amide bonds. The van der Waals surface area contributed by atoms with Crippen LogP contribution in [0.3, 0.4) is 0 Å². The fourth-order valence-corrected chi connectivity index (χ4v) is 3.67. The third kappa shape index (κ3) is 3.02. The van der Waals surface area contributed by atoms with Crippen LogP contribution >= 0.6 is 0 Å². The maximum atomic E-state index is 12.6. The average Bonchev–Trinajstić information content (AvgIpc) is 3.06. The average molecular weight is 306 g/mol. The Morgan fingerprint density at radius 1 is 1.32 bits per heavy atom. The highest BCUT2D eigenvalue weighted by Gasteiger charge is 2.39. The topological polar surface area (TPSA) is 60.2 Å². The van der Waals surface area contributed by atoms with Crippen LogP contribution in [0.5, 0.6) is 0 Å². The van der Waals surface area contributed by atoms with E-state index < -0.39 is 0 Å². The summed E-state index contributed by atoms with van der Waals surface area (Å²) < 4.78 is 7.76. The van der Waals surface area contributed by atoms with Crippen LogP contribution < -0.4 is 0 Å². The predicted molar refractivity (Wildman–Crippen MR) is 82.4 cm³/mol. The number of nitrogens with zero attached hydrogens (tertiary/aromatic N) is 4. The summed E-state index contributed by atoms with van der Waals surface area (Å²) in [5.41, 5.74) is 0.0691. The van der Waals surface area contributed by atoms with Gasteiger partial charge in [0.15, 0.2) is 0 Å². The number of piperidine rings is 1. The lowest BCUT2D eigenvalue weighted by molar-refractivity contribution is -0.140. The Morgan fingerprint density at radius 3 is 2.59 bits per heavy atom. The molecular formula is C16H26N4O2.